The second kappa shape index (κ2) is 11.4. The van der Waals surface area contributed by atoms with E-state index in [0.29, 0.717) is 15.7 Å². The van der Waals surface area contributed by atoms with Gasteiger partial charge in [-0.25, -0.2) is 14.3 Å². The lowest BCUT2D eigenvalue weighted by Gasteiger charge is -2.15. The first-order chi connectivity index (χ1) is 20.4. The fourth-order valence-corrected chi connectivity index (χ4v) is 5.67. The highest BCUT2D eigenvalue weighted by atomic mass is 35.5. The van der Waals surface area contributed by atoms with Crippen LogP contribution in [0.4, 0.5) is 20.9 Å². The topological polar surface area (TPSA) is 91.4 Å². The molecule has 0 bridgehead atoms. The number of imide groups is 1. The van der Waals surface area contributed by atoms with Gasteiger partial charge in [0.2, 0.25) is 0 Å². The lowest BCUT2D eigenvalue weighted by atomic mass is 10.1. The van der Waals surface area contributed by atoms with Gasteiger partial charge in [-0.2, -0.15) is 0 Å². The third kappa shape index (κ3) is 5.18. The lowest BCUT2D eigenvalue weighted by molar-refractivity contribution is -0.120. The third-order valence-corrected chi connectivity index (χ3v) is 7.82. The quantitative estimate of drug-likeness (QED) is 0.193. The minimum absolute atomic E-state index is 0.205. The van der Waals surface area contributed by atoms with Crippen molar-refractivity contribution in [3.63, 3.8) is 0 Å². The highest BCUT2D eigenvalue weighted by Gasteiger charge is 2.40. The van der Waals surface area contributed by atoms with E-state index in [1.807, 2.05) is 60.7 Å². The van der Waals surface area contributed by atoms with Crippen molar-refractivity contribution >= 4 is 57.2 Å². The molecule has 1 aliphatic heterocycles. The fourth-order valence-electron chi connectivity index (χ4n) is 4.47. The van der Waals surface area contributed by atoms with Crippen molar-refractivity contribution in [1.82, 2.24) is 4.98 Å². The zero-order valence-corrected chi connectivity index (χ0v) is 23.2. The third-order valence-electron chi connectivity index (χ3n) is 6.45. The van der Waals surface area contributed by atoms with Crippen LogP contribution in [0.3, 0.4) is 0 Å². The van der Waals surface area contributed by atoms with E-state index in [9.17, 15) is 18.8 Å². The van der Waals surface area contributed by atoms with Crippen molar-refractivity contribution in [2.45, 2.75) is 0 Å². The summed E-state index contributed by atoms with van der Waals surface area (Å²) in [7, 11) is 0. The Morgan fingerprint density at radius 3 is 2.19 bits per heavy atom. The zero-order chi connectivity index (χ0) is 29.2. The number of carbonyl (C=O) groups is 3. The Kier molecular flexibility index (Phi) is 7.35. The molecule has 4 aromatic carbocycles. The van der Waals surface area contributed by atoms with E-state index in [4.69, 9.17) is 16.6 Å². The van der Waals surface area contributed by atoms with Gasteiger partial charge in [0.1, 0.15) is 16.5 Å². The van der Waals surface area contributed by atoms with Crippen LogP contribution in [0.1, 0.15) is 10.4 Å². The first-order valence-electron chi connectivity index (χ1n) is 12.7. The molecule has 0 saturated heterocycles. The van der Waals surface area contributed by atoms with Crippen molar-refractivity contribution in [2.24, 2.45) is 0 Å². The number of carbonyl (C=O) groups excluding carboxylic acids is 3. The van der Waals surface area contributed by atoms with E-state index in [2.05, 4.69) is 10.6 Å². The first kappa shape index (κ1) is 27.1. The van der Waals surface area contributed by atoms with Crippen LogP contribution in [0.15, 0.2) is 120 Å². The van der Waals surface area contributed by atoms with E-state index in [-0.39, 0.29) is 22.0 Å². The van der Waals surface area contributed by atoms with Crippen LogP contribution in [-0.4, -0.2) is 22.7 Å². The molecular weight excluding hydrogens is 575 g/mol. The molecule has 10 heteroatoms. The predicted molar refractivity (Wildman–Crippen MR) is 163 cm³/mol. The summed E-state index contributed by atoms with van der Waals surface area (Å²) >= 11 is 7.55. The number of nitrogens with one attached hydrogen (secondary N) is 2. The second-order valence-corrected chi connectivity index (χ2v) is 10.6. The molecule has 5 aromatic rings. The summed E-state index contributed by atoms with van der Waals surface area (Å²) in [6.07, 6.45) is 0. The van der Waals surface area contributed by atoms with Crippen molar-refractivity contribution < 1.29 is 18.8 Å². The van der Waals surface area contributed by atoms with Gasteiger partial charge in [0.25, 0.3) is 17.7 Å². The molecule has 1 aromatic heterocycles. The molecule has 0 radical (unpaired) electrons. The first-order valence-corrected chi connectivity index (χ1v) is 13.9. The number of para-hydroxylation sites is 1. The molecule has 42 heavy (non-hydrogen) atoms. The number of thiazole rings is 1. The molecular formula is C32H20ClFN4O3S. The Labute approximate surface area is 248 Å². The van der Waals surface area contributed by atoms with Gasteiger partial charge in [0.15, 0.2) is 5.13 Å². The Morgan fingerprint density at radius 1 is 0.810 bits per heavy atom. The highest BCUT2D eigenvalue weighted by molar-refractivity contribution is 7.19. The molecule has 0 unspecified atom stereocenters. The number of nitrogens with zero attached hydrogens (tertiary/aromatic N) is 2. The summed E-state index contributed by atoms with van der Waals surface area (Å²) in [6.45, 7) is 0. The van der Waals surface area contributed by atoms with Crippen molar-refractivity contribution in [3.05, 3.63) is 131 Å². The van der Waals surface area contributed by atoms with Gasteiger partial charge in [0, 0.05) is 16.8 Å². The van der Waals surface area contributed by atoms with Crippen LogP contribution in [0.2, 0.25) is 0 Å². The van der Waals surface area contributed by atoms with Gasteiger partial charge >= 0.3 is 0 Å². The molecule has 0 aliphatic carbocycles. The average molecular weight is 595 g/mol. The summed E-state index contributed by atoms with van der Waals surface area (Å²) in [5.41, 5.74) is 2.84. The number of hydrogen-bond acceptors (Lipinski definition) is 6. The summed E-state index contributed by atoms with van der Waals surface area (Å²) in [5, 5.41) is 5.73. The molecule has 2 heterocycles. The number of hydrogen-bond donors (Lipinski definition) is 2. The summed E-state index contributed by atoms with van der Waals surface area (Å²) in [5.74, 6) is -2.82. The van der Waals surface area contributed by atoms with Gasteiger partial charge in [0.05, 0.1) is 16.3 Å². The van der Waals surface area contributed by atoms with Crippen LogP contribution in [-0.2, 0) is 9.59 Å². The zero-order valence-electron chi connectivity index (χ0n) is 21.7. The normalized spacial score (nSPS) is 13.0. The molecule has 7 nitrogen and oxygen atoms in total. The highest BCUT2D eigenvalue weighted by Crippen LogP contribution is 2.39. The standard InChI is InChI=1S/C32H20ClFN4O3S/c33-25-27(31(41)38(30(25)40)24-17-8-7-16-23(24)34)35-22-15-9-14-21(18-22)29(39)37-32-36-26(19-10-3-1-4-11-19)28(42-32)20-12-5-2-6-13-20/h1-18,35H,(H,36,37,39). The van der Waals surface area contributed by atoms with Crippen molar-refractivity contribution in [3.8, 4) is 21.7 Å². The molecule has 0 fully saturated rings. The van der Waals surface area contributed by atoms with Gasteiger partial charge in [-0.1, -0.05) is 102 Å². The Bertz CT molecular complexity index is 1820. The molecule has 0 atom stereocenters. The predicted octanol–water partition coefficient (Wildman–Crippen LogP) is 7.30. The molecule has 6 rings (SSSR count). The lowest BCUT2D eigenvalue weighted by Crippen LogP contribution is -2.33. The van der Waals surface area contributed by atoms with E-state index in [1.165, 1.54) is 35.6 Å². The summed E-state index contributed by atoms with van der Waals surface area (Å²) < 4.78 is 14.3. The number of rotatable bonds is 7. The van der Waals surface area contributed by atoms with E-state index < -0.39 is 23.5 Å². The maximum Gasteiger partial charge on any atom is 0.283 e. The smallest absolute Gasteiger partial charge is 0.283 e. The fraction of sp³-hybridized carbons (Fsp3) is 0. The number of amides is 3. The molecule has 206 valence electrons. The number of benzene rings is 4. The molecule has 2 N–H and O–H groups in total. The van der Waals surface area contributed by atoms with Crippen molar-refractivity contribution in [2.75, 3.05) is 15.5 Å². The van der Waals surface area contributed by atoms with Crippen molar-refractivity contribution in [1.29, 1.82) is 0 Å². The van der Waals surface area contributed by atoms with Crippen LogP contribution < -0.4 is 15.5 Å². The van der Waals surface area contributed by atoms with Crippen LogP contribution >= 0.6 is 22.9 Å². The van der Waals surface area contributed by atoms with E-state index in [0.717, 1.165) is 27.8 Å². The Morgan fingerprint density at radius 2 is 1.48 bits per heavy atom. The van der Waals surface area contributed by atoms with Crippen LogP contribution in [0.5, 0.6) is 0 Å². The van der Waals surface area contributed by atoms with Crippen LogP contribution in [0, 0.1) is 5.82 Å². The SMILES string of the molecule is O=C(Nc1nc(-c2ccccc2)c(-c2ccccc2)s1)c1cccc(NC2=C(Cl)C(=O)N(c3ccccc3F)C2=O)c1. The Hall–Kier alpha value is -5.12. The maximum atomic E-state index is 14.3. The van der Waals surface area contributed by atoms with Gasteiger partial charge in [-0.15, -0.1) is 0 Å². The largest absolute Gasteiger partial charge is 0.350 e. The summed E-state index contributed by atoms with van der Waals surface area (Å²) in [6, 6.07) is 31.3. The van der Waals surface area contributed by atoms with Crippen LogP contribution in [0.25, 0.3) is 21.7 Å². The van der Waals surface area contributed by atoms with Gasteiger partial charge in [-0.05, 0) is 35.9 Å². The number of aromatic nitrogens is 1. The minimum Gasteiger partial charge on any atom is -0.350 e. The van der Waals surface area contributed by atoms with Gasteiger partial charge < -0.3 is 5.32 Å². The van der Waals surface area contributed by atoms with E-state index in [1.54, 1.807) is 18.2 Å². The number of anilines is 3. The Balaban J connectivity index is 1.24. The maximum absolute atomic E-state index is 14.3. The van der Waals surface area contributed by atoms with E-state index >= 15 is 0 Å². The minimum atomic E-state index is -0.852. The molecule has 0 spiro atoms. The molecule has 0 saturated carbocycles. The monoisotopic (exact) mass is 594 g/mol. The second-order valence-electron chi connectivity index (χ2n) is 9.17. The molecule has 3 amide bonds. The summed E-state index contributed by atoms with van der Waals surface area (Å²) in [4.78, 5) is 45.4. The van der Waals surface area contributed by atoms with Gasteiger partial charge in [-0.3, -0.25) is 19.7 Å². The number of halogens is 2. The average Bonchev–Trinajstić information content (AvgIpc) is 3.53. The molecule has 1 aliphatic rings.